The van der Waals surface area contributed by atoms with Gasteiger partial charge in [0.15, 0.2) is 0 Å². The zero-order chi connectivity index (χ0) is 33.2. The molecule has 246 valence electrons. The summed E-state index contributed by atoms with van der Waals surface area (Å²) in [7, 11) is 3.92. The molecule has 47 heavy (non-hydrogen) atoms. The van der Waals surface area contributed by atoms with E-state index in [0.717, 1.165) is 54.5 Å². The fraction of sp³-hybridized carbons (Fsp3) is 0.371. The third kappa shape index (κ3) is 9.30. The molecule has 0 saturated heterocycles. The van der Waals surface area contributed by atoms with Crippen molar-refractivity contribution in [3.63, 3.8) is 0 Å². The molecule has 1 fully saturated rings. The molecular weight excluding hydrogens is 594 g/mol. The lowest BCUT2D eigenvalue weighted by atomic mass is 9.81. The Balaban J connectivity index is 1.32. The third-order valence-electron chi connectivity index (χ3n) is 8.61. The highest BCUT2D eigenvalue weighted by Crippen LogP contribution is 2.29. The molecule has 1 saturated carbocycles. The number of nitrogens with one attached hydrogen (secondary N) is 4. The number of H-pyrrole nitrogens is 1. The van der Waals surface area contributed by atoms with Crippen LogP contribution in [-0.4, -0.2) is 83.0 Å². The summed E-state index contributed by atoms with van der Waals surface area (Å²) in [6.45, 7) is 1.93. The molecule has 1 aromatic heterocycles. The summed E-state index contributed by atoms with van der Waals surface area (Å²) in [5, 5.41) is 23.0. The topological polar surface area (TPSA) is 171 Å². The summed E-state index contributed by atoms with van der Waals surface area (Å²) in [5.41, 5.74) is 10.4. The number of anilines is 1. The van der Waals surface area contributed by atoms with Gasteiger partial charge in [-0.05, 0) is 111 Å². The predicted molar refractivity (Wildman–Crippen MR) is 181 cm³/mol. The van der Waals surface area contributed by atoms with Crippen LogP contribution in [-0.2, 0) is 16.0 Å². The van der Waals surface area contributed by atoms with E-state index in [2.05, 4.69) is 36.6 Å². The molecule has 1 heterocycles. The maximum Gasteiger partial charge on any atom is 0.251 e. The lowest BCUT2D eigenvalue weighted by Crippen LogP contribution is -2.48. The molecule has 0 radical (unpaired) electrons. The largest absolute Gasteiger partial charge is 0.351 e. The summed E-state index contributed by atoms with van der Waals surface area (Å²) < 4.78 is 0. The zero-order valence-corrected chi connectivity index (χ0v) is 26.9. The number of nitrogens with two attached hydrogens (primary N) is 1. The van der Waals surface area contributed by atoms with Gasteiger partial charge in [-0.3, -0.25) is 14.4 Å². The van der Waals surface area contributed by atoms with Crippen LogP contribution in [0, 0.1) is 11.8 Å². The van der Waals surface area contributed by atoms with Crippen LogP contribution in [0.2, 0.25) is 0 Å². The number of likely N-dealkylation sites (N-methyl/N-ethyl adjacent to an activating group) is 1. The lowest BCUT2D eigenvalue weighted by molar-refractivity contribution is -0.130. The van der Waals surface area contributed by atoms with E-state index < -0.39 is 6.04 Å². The molecule has 4 aromatic rings. The van der Waals surface area contributed by atoms with Crippen molar-refractivity contribution in [2.75, 3.05) is 39.0 Å². The number of hydrogen-bond acceptors (Lipinski definition) is 8. The number of benzene rings is 3. The van der Waals surface area contributed by atoms with E-state index in [9.17, 15) is 14.4 Å². The van der Waals surface area contributed by atoms with Crippen molar-refractivity contribution >= 4 is 23.4 Å². The fourth-order valence-electron chi connectivity index (χ4n) is 5.82. The summed E-state index contributed by atoms with van der Waals surface area (Å²) in [6.07, 6.45) is 3.62. The first kappa shape index (κ1) is 33.4. The van der Waals surface area contributed by atoms with Gasteiger partial charge in [0.2, 0.25) is 17.6 Å². The van der Waals surface area contributed by atoms with Crippen molar-refractivity contribution in [2.24, 2.45) is 17.6 Å². The average Bonchev–Trinajstić information content (AvgIpc) is 3.64. The highest BCUT2D eigenvalue weighted by atomic mass is 16.2. The SMILES string of the molecule is CN(C)CCNC(=O)c1cccc(-c2cccc(C[C@H](NC(=O)C3CCC(CN)CC3)C(=O)Nc3ccc(-c4nn[nH]n4)cc3)c2)c1. The van der Waals surface area contributed by atoms with Crippen LogP contribution in [0.4, 0.5) is 5.69 Å². The number of carbonyl (C=O) groups is 3. The average molecular weight is 638 g/mol. The van der Waals surface area contributed by atoms with Crippen molar-refractivity contribution in [2.45, 2.75) is 38.1 Å². The Labute approximate surface area is 274 Å². The van der Waals surface area contributed by atoms with E-state index in [0.29, 0.717) is 36.1 Å². The van der Waals surface area contributed by atoms with E-state index in [4.69, 9.17) is 5.73 Å². The first-order valence-corrected chi connectivity index (χ1v) is 16.1. The Bertz CT molecular complexity index is 1630. The molecule has 3 amide bonds. The van der Waals surface area contributed by atoms with Crippen LogP contribution in [0.5, 0.6) is 0 Å². The summed E-state index contributed by atoms with van der Waals surface area (Å²) in [5.74, 6) is 0.183. The summed E-state index contributed by atoms with van der Waals surface area (Å²) >= 11 is 0. The van der Waals surface area contributed by atoms with Crippen molar-refractivity contribution in [3.8, 4) is 22.5 Å². The van der Waals surface area contributed by atoms with Crippen molar-refractivity contribution < 1.29 is 14.4 Å². The second-order valence-corrected chi connectivity index (χ2v) is 12.4. The molecule has 0 aliphatic heterocycles. The summed E-state index contributed by atoms with van der Waals surface area (Å²) in [6, 6.07) is 21.6. The Hall–Kier alpha value is -4.94. The van der Waals surface area contributed by atoms with Crippen LogP contribution >= 0.6 is 0 Å². The molecular formula is C35H43N9O3. The van der Waals surface area contributed by atoms with E-state index in [1.807, 2.05) is 61.5 Å². The third-order valence-corrected chi connectivity index (χ3v) is 8.61. The molecule has 3 aromatic carbocycles. The number of hydrogen-bond donors (Lipinski definition) is 5. The highest BCUT2D eigenvalue weighted by molar-refractivity contribution is 5.98. The fourth-order valence-corrected chi connectivity index (χ4v) is 5.82. The Morgan fingerprint density at radius 3 is 2.34 bits per heavy atom. The maximum atomic E-state index is 13.7. The predicted octanol–water partition coefficient (Wildman–Crippen LogP) is 3.26. The minimum Gasteiger partial charge on any atom is -0.351 e. The Morgan fingerprint density at radius 2 is 1.66 bits per heavy atom. The first-order valence-electron chi connectivity index (χ1n) is 16.1. The second kappa shape index (κ2) is 16.1. The number of rotatable bonds is 13. The van der Waals surface area contributed by atoms with Gasteiger partial charge in [0.1, 0.15) is 6.04 Å². The van der Waals surface area contributed by atoms with Gasteiger partial charge in [-0.2, -0.15) is 5.21 Å². The summed E-state index contributed by atoms with van der Waals surface area (Å²) in [4.78, 5) is 41.9. The van der Waals surface area contributed by atoms with Gasteiger partial charge in [0.05, 0.1) is 0 Å². The Kier molecular flexibility index (Phi) is 11.4. The van der Waals surface area contributed by atoms with Crippen molar-refractivity contribution in [3.05, 3.63) is 83.9 Å². The van der Waals surface area contributed by atoms with Crippen LogP contribution in [0.25, 0.3) is 22.5 Å². The number of amides is 3. The van der Waals surface area contributed by atoms with Crippen LogP contribution in [0.1, 0.15) is 41.6 Å². The smallest absolute Gasteiger partial charge is 0.251 e. The molecule has 5 rings (SSSR count). The molecule has 12 heteroatoms. The quantitative estimate of drug-likeness (QED) is 0.149. The number of aromatic amines is 1. The van der Waals surface area contributed by atoms with Crippen LogP contribution < -0.4 is 21.7 Å². The molecule has 12 nitrogen and oxygen atoms in total. The van der Waals surface area contributed by atoms with E-state index in [1.165, 1.54) is 0 Å². The van der Waals surface area contributed by atoms with Gasteiger partial charge in [-0.15, -0.1) is 10.2 Å². The highest BCUT2D eigenvalue weighted by Gasteiger charge is 2.29. The van der Waals surface area contributed by atoms with Gasteiger partial charge in [0.25, 0.3) is 5.91 Å². The second-order valence-electron chi connectivity index (χ2n) is 12.4. The van der Waals surface area contributed by atoms with E-state index in [-0.39, 0.29) is 30.1 Å². The number of aromatic nitrogens is 4. The van der Waals surface area contributed by atoms with Crippen LogP contribution in [0.3, 0.4) is 0 Å². The van der Waals surface area contributed by atoms with Crippen LogP contribution in [0.15, 0.2) is 72.8 Å². The lowest BCUT2D eigenvalue weighted by Gasteiger charge is -2.28. The Morgan fingerprint density at radius 1 is 0.936 bits per heavy atom. The molecule has 1 atom stereocenters. The number of carbonyl (C=O) groups excluding carboxylic acids is 3. The van der Waals surface area contributed by atoms with Gasteiger partial charge in [-0.25, -0.2) is 0 Å². The maximum absolute atomic E-state index is 13.7. The minimum absolute atomic E-state index is 0.114. The van der Waals surface area contributed by atoms with E-state index in [1.54, 1.807) is 30.3 Å². The standard InChI is InChI=1S/C35H43N9O3/c1-44(2)18-17-37-33(45)29-8-4-7-28(21-29)27-6-3-5-24(19-27)20-31(39-34(46)26-11-9-23(22-36)10-12-26)35(47)38-30-15-13-25(14-16-30)32-40-42-43-41-32/h3-8,13-16,19,21,23,26,31H,9-12,17-18,20,22,36H2,1-2H3,(H,37,45)(H,38,47)(H,39,46)(H,40,41,42,43)/t23?,26?,31-/m0/s1. The first-order chi connectivity index (χ1) is 22.8. The molecule has 6 N–H and O–H groups in total. The molecule has 0 unspecified atom stereocenters. The molecule has 1 aliphatic carbocycles. The molecule has 0 spiro atoms. The monoisotopic (exact) mass is 637 g/mol. The van der Waals surface area contributed by atoms with Gasteiger partial charge >= 0.3 is 0 Å². The zero-order valence-electron chi connectivity index (χ0n) is 26.9. The number of tetrazole rings is 1. The van der Waals surface area contributed by atoms with E-state index >= 15 is 0 Å². The molecule has 1 aliphatic rings. The molecule has 0 bridgehead atoms. The number of nitrogens with zero attached hydrogens (tertiary/aromatic N) is 4. The van der Waals surface area contributed by atoms with Gasteiger partial charge in [-0.1, -0.05) is 36.4 Å². The van der Waals surface area contributed by atoms with Crippen molar-refractivity contribution in [1.29, 1.82) is 0 Å². The van der Waals surface area contributed by atoms with Gasteiger partial charge in [0, 0.05) is 42.2 Å². The minimum atomic E-state index is -0.810. The van der Waals surface area contributed by atoms with Gasteiger partial charge < -0.3 is 26.6 Å². The normalized spacial score (nSPS) is 16.8. The van der Waals surface area contributed by atoms with Crippen molar-refractivity contribution in [1.82, 2.24) is 36.2 Å².